The van der Waals surface area contributed by atoms with E-state index in [4.69, 9.17) is 4.74 Å². The van der Waals surface area contributed by atoms with Gasteiger partial charge in [0.2, 0.25) is 0 Å². The summed E-state index contributed by atoms with van der Waals surface area (Å²) in [6.07, 6.45) is 0.196. The summed E-state index contributed by atoms with van der Waals surface area (Å²) in [5.41, 5.74) is -1.43. The van der Waals surface area contributed by atoms with Gasteiger partial charge in [-0.25, -0.2) is 0 Å². The van der Waals surface area contributed by atoms with Gasteiger partial charge in [0.25, 0.3) is 0 Å². The standard InChI is InChI=1S/C21H18O5/c1-3-20(17(22)13-10-8-12(2)9-11-13)16-14-6-4-5-7-15(14)26-19(25)21(16,20)18(23)24/h4-11,16H,3H2,1-2H3,(H,23,24)/p-1/t16-,20-,21-/m0/s1. The number of esters is 1. The molecule has 2 aromatic rings. The Morgan fingerprint density at radius 3 is 2.38 bits per heavy atom. The summed E-state index contributed by atoms with van der Waals surface area (Å²) in [5.74, 6) is -3.29. The minimum atomic E-state index is -1.97. The molecule has 4 rings (SSSR count). The molecule has 1 heterocycles. The Hall–Kier alpha value is -2.95. The second-order valence-electron chi connectivity index (χ2n) is 6.98. The van der Waals surface area contributed by atoms with Crippen LogP contribution in [0.4, 0.5) is 0 Å². The Kier molecular flexibility index (Phi) is 3.35. The minimum Gasteiger partial charge on any atom is -0.549 e. The number of carbonyl (C=O) groups is 3. The van der Waals surface area contributed by atoms with E-state index in [0.717, 1.165) is 5.56 Å². The Morgan fingerprint density at radius 2 is 1.77 bits per heavy atom. The molecule has 1 saturated carbocycles. The second-order valence-corrected chi connectivity index (χ2v) is 6.98. The molecule has 0 spiro atoms. The zero-order valence-corrected chi connectivity index (χ0v) is 14.4. The van der Waals surface area contributed by atoms with Crippen molar-refractivity contribution in [2.45, 2.75) is 26.2 Å². The Bertz CT molecular complexity index is 945. The van der Waals surface area contributed by atoms with Crippen molar-refractivity contribution in [3.05, 3.63) is 65.2 Å². The van der Waals surface area contributed by atoms with Crippen molar-refractivity contribution < 1.29 is 24.2 Å². The van der Waals surface area contributed by atoms with Crippen molar-refractivity contribution >= 4 is 17.7 Å². The van der Waals surface area contributed by atoms with Gasteiger partial charge in [0.1, 0.15) is 11.2 Å². The molecule has 5 heteroatoms. The first kappa shape index (κ1) is 16.5. The van der Waals surface area contributed by atoms with E-state index >= 15 is 0 Å². The van der Waals surface area contributed by atoms with Crippen LogP contribution in [0.1, 0.15) is 40.7 Å². The molecular weight excluding hydrogens is 332 g/mol. The zero-order valence-electron chi connectivity index (χ0n) is 14.4. The molecule has 0 unspecified atom stereocenters. The summed E-state index contributed by atoms with van der Waals surface area (Å²) >= 11 is 0. The highest BCUT2D eigenvalue weighted by Crippen LogP contribution is 2.79. The largest absolute Gasteiger partial charge is 0.549 e. The second kappa shape index (κ2) is 5.27. The van der Waals surface area contributed by atoms with Crippen LogP contribution in [0.2, 0.25) is 0 Å². The average Bonchev–Trinajstić information content (AvgIpc) is 3.29. The van der Waals surface area contributed by atoms with Gasteiger partial charge < -0.3 is 14.6 Å². The van der Waals surface area contributed by atoms with Crippen LogP contribution in [0.15, 0.2) is 48.5 Å². The molecule has 0 N–H and O–H groups in total. The number of benzene rings is 2. The quantitative estimate of drug-likeness (QED) is 0.365. The van der Waals surface area contributed by atoms with Crippen molar-refractivity contribution in [3.63, 3.8) is 0 Å². The molecule has 26 heavy (non-hydrogen) atoms. The lowest BCUT2D eigenvalue weighted by Crippen LogP contribution is -2.47. The van der Waals surface area contributed by atoms with E-state index < -0.39 is 28.7 Å². The molecule has 0 radical (unpaired) electrons. The molecule has 2 aliphatic rings. The Labute approximate surface area is 150 Å². The lowest BCUT2D eigenvalue weighted by Gasteiger charge is -2.25. The first-order valence-electron chi connectivity index (χ1n) is 8.55. The molecular formula is C21H17O5-. The molecule has 0 bridgehead atoms. The highest BCUT2D eigenvalue weighted by Gasteiger charge is 2.86. The minimum absolute atomic E-state index is 0.196. The molecule has 2 aromatic carbocycles. The number of fused-ring (bicyclic) bond motifs is 3. The van der Waals surface area contributed by atoms with Gasteiger partial charge in [-0.3, -0.25) is 9.59 Å². The number of rotatable bonds is 4. The molecule has 3 atom stereocenters. The number of ether oxygens (including phenoxy) is 1. The number of hydrogen-bond acceptors (Lipinski definition) is 5. The van der Waals surface area contributed by atoms with Gasteiger partial charge in [0.15, 0.2) is 5.78 Å². The molecule has 132 valence electrons. The molecule has 1 fully saturated rings. The zero-order chi connectivity index (χ0) is 18.7. The first-order chi connectivity index (χ1) is 12.4. The third-order valence-electron chi connectivity index (χ3n) is 5.90. The van der Waals surface area contributed by atoms with Gasteiger partial charge in [0, 0.05) is 17.0 Å². The SMILES string of the molecule is CC[C@@]1(C(=O)c2ccc(C)cc2)[C@@H]2c3ccccc3OC(=O)[C@@]21C(=O)[O-]. The van der Waals surface area contributed by atoms with Crippen LogP contribution in [-0.2, 0) is 9.59 Å². The number of para-hydroxylation sites is 1. The predicted octanol–water partition coefficient (Wildman–Crippen LogP) is 2.03. The molecule has 0 saturated heterocycles. The third kappa shape index (κ3) is 1.72. The third-order valence-corrected chi connectivity index (χ3v) is 5.90. The number of aryl methyl sites for hydroxylation is 1. The van der Waals surface area contributed by atoms with Crippen molar-refractivity contribution in [1.82, 2.24) is 0 Å². The van der Waals surface area contributed by atoms with E-state index in [1.165, 1.54) is 0 Å². The van der Waals surface area contributed by atoms with Gasteiger partial charge in [-0.2, -0.15) is 0 Å². The van der Waals surface area contributed by atoms with Gasteiger partial charge in [-0.15, -0.1) is 0 Å². The first-order valence-corrected chi connectivity index (χ1v) is 8.55. The maximum absolute atomic E-state index is 13.4. The number of aliphatic carboxylic acids is 1. The average molecular weight is 349 g/mol. The van der Waals surface area contributed by atoms with Gasteiger partial charge >= 0.3 is 5.97 Å². The summed E-state index contributed by atoms with van der Waals surface area (Å²) in [6.45, 7) is 3.63. The fourth-order valence-electron chi connectivity index (χ4n) is 4.62. The van der Waals surface area contributed by atoms with E-state index in [9.17, 15) is 19.5 Å². The van der Waals surface area contributed by atoms with Crippen LogP contribution in [0.3, 0.4) is 0 Å². The maximum atomic E-state index is 13.4. The van der Waals surface area contributed by atoms with Crippen molar-refractivity contribution in [1.29, 1.82) is 0 Å². The van der Waals surface area contributed by atoms with Crippen LogP contribution in [0.25, 0.3) is 0 Å². The van der Waals surface area contributed by atoms with Crippen LogP contribution < -0.4 is 9.84 Å². The summed E-state index contributed by atoms with van der Waals surface area (Å²) in [5, 5.41) is 12.1. The lowest BCUT2D eigenvalue weighted by atomic mass is 9.83. The van der Waals surface area contributed by atoms with E-state index in [-0.39, 0.29) is 12.2 Å². The smallest absolute Gasteiger partial charge is 0.324 e. The van der Waals surface area contributed by atoms with Gasteiger partial charge in [0.05, 0.1) is 11.4 Å². The highest BCUT2D eigenvalue weighted by molar-refractivity contribution is 6.19. The summed E-state index contributed by atoms with van der Waals surface area (Å²) in [6, 6.07) is 13.7. The number of ketones is 1. The Morgan fingerprint density at radius 1 is 1.12 bits per heavy atom. The summed E-state index contributed by atoms with van der Waals surface area (Å²) < 4.78 is 5.30. The van der Waals surface area contributed by atoms with Crippen molar-refractivity contribution in [2.75, 3.05) is 0 Å². The number of Topliss-reactive ketones (excluding diaryl/α,β-unsaturated/α-hetero) is 1. The van der Waals surface area contributed by atoms with Gasteiger partial charge in [-0.05, 0) is 19.4 Å². The molecule has 0 aromatic heterocycles. The maximum Gasteiger partial charge on any atom is 0.324 e. The predicted molar refractivity (Wildman–Crippen MR) is 90.5 cm³/mol. The molecule has 1 aliphatic heterocycles. The van der Waals surface area contributed by atoms with Crippen LogP contribution in [0, 0.1) is 17.8 Å². The fraction of sp³-hybridized carbons (Fsp3) is 0.286. The molecule has 5 nitrogen and oxygen atoms in total. The van der Waals surface area contributed by atoms with E-state index in [2.05, 4.69) is 0 Å². The van der Waals surface area contributed by atoms with Crippen LogP contribution in [-0.4, -0.2) is 17.7 Å². The van der Waals surface area contributed by atoms with Crippen LogP contribution >= 0.6 is 0 Å². The number of hydrogen-bond donors (Lipinski definition) is 0. The van der Waals surface area contributed by atoms with E-state index in [1.807, 2.05) is 6.92 Å². The normalized spacial score (nSPS) is 28.5. The number of carboxylic acid groups (broad SMARTS) is 1. The lowest BCUT2D eigenvalue weighted by molar-refractivity contribution is -0.314. The van der Waals surface area contributed by atoms with Gasteiger partial charge in [-0.1, -0.05) is 55.0 Å². The van der Waals surface area contributed by atoms with Crippen LogP contribution in [0.5, 0.6) is 5.75 Å². The highest BCUT2D eigenvalue weighted by atomic mass is 16.5. The number of carboxylic acids is 1. The molecule has 1 aliphatic carbocycles. The van der Waals surface area contributed by atoms with E-state index in [1.54, 1.807) is 55.5 Å². The molecule has 0 amide bonds. The number of carbonyl (C=O) groups excluding carboxylic acids is 3. The fourth-order valence-corrected chi connectivity index (χ4v) is 4.62. The topological polar surface area (TPSA) is 83.5 Å². The summed E-state index contributed by atoms with van der Waals surface area (Å²) in [4.78, 5) is 38.3. The Balaban J connectivity index is 1.93. The van der Waals surface area contributed by atoms with Crippen molar-refractivity contribution in [2.24, 2.45) is 10.8 Å². The monoisotopic (exact) mass is 349 g/mol. The summed E-state index contributed by atoms with van der Waals surface area (Å²) in [7, 11) is 0. The van der Waals surface area contributed by atoms with E-state index in [0.29, 0.717) is 16.9 Å². The van der Waals surface area contributed by atoms with Crippen molar-refractivity contribution in [3.8, 4) is 5.75 Å².